The van der Waals surface area contributed by atoms with E-state index in [0.29, 0.717) is 0 Å². The Hall–Kier alpha value is -4.18. The Morgan fingerprint density at radius 3 is 2.02 bits per heavy atom. The number of carboxylic acids is 1. The van der Waals surface area contributed by atoms with Gasteiger partial charge in [0.1, 0.15) is 18.1 Å². The second kappa shape index (κ2) is 13.7. The number of nitrogens with two attached hydrogens (primary N) is 1. The maximum absolute atomic E-state index is 13.5. The molecule has 1 heterocycles. The molecule has 3 rings (SSSR count). The summed E-state index contributed by atoms with van der Waals surface area (Å²) in [6.45, 7) is 7.17. The number of carbonyl (C=O) groups is 4. The normalized spacial score (nSPS) is 14.4. The van der Waals surface area contributed by atoms with Crippen LogP contribution in [0.3, 0.4) is 0 Å². The number of carboxylic acid groups (broad SMARTS) is 1. The van der Waals surface area contributed by atoms with Crippen LogP contribution in [-0.2, 0) is 32.0 Å². The fraction of sp³-hybridized carbons (Fsp3) is 0.400. The van der Waals surface area contributed by atoms with Gasteiger partial charge in [0.2, 0.25) is 17.7 Å². The maximum Gasteiger partial charge on any atom is 0.326 e. The molecule has 0 radical (unpaired) electrons. The average Bonchev–Trinajstić information content (AvgIpc) is 3.33. The topological polar surface area (TPSA) is 166 Å². The number of fused-ring (bicyclic) bond motifs is 1. The van der Waals surface area contributed by atoms with Crippen LogP contribution in [0, 0.1) is 11.8 Å². The number of rotatable bonds is 13. The fourth-order valence-corrected chi connectivity index (χ4v) is 4.40. The highest BCUT2D eigenvalue weighted by Gasteiger charge is 2.32. The molecule has 0 spiro atoms. The van der Waals surface area contributed by atoms with Crippen LogP contribution in [0.25, 0.3) is 10.9 Å². The van der Waals surface area contributed by atoms with Crippen LogP contribution < -0.4 is 21.7 Å². The zero-order valence-electron chi connectivity index (χ0n) is 23.3. The lowest BCUT2D eigenvalue weighted by molar-refractivity contribution is -0.142. The number of para-hydroxylation sites is 1. The molecule has 3 aromatic rings. The molecule has 3 amide bonds. The molecular formula is C30H39N5O5. The molecule has 10 nitrogen and oxygen atoms in total. The van der Waals surface area contributed by atoms with E-state index in [-0.39, 0.29) is 24.7 Å². The number of aromatic amines is 1. The number of nitrogens with one attached hydrogen (secondary N) is 4. The third kappa shape index (κ3) is 7.92. The third-order valence-corrected chi connectivity index (χ3v) is 6.90. The minimum atomic E-state index is -1.23. The van der Waals surface area contributed by atoms with Gasteiger partial charge in [-0.2, -0.15) is 0 Å². The zero-order valence-corrected chi connectivity index (χ0v) is 23.3. The molecule has 0 bridgehead atoms. The van der Waals surface area contributed by atoms with Crippen LogP contribution in [-0.4, -0.2) is 57.9 Å². The first-order chi connectivity index (χ1) is 19.0. The van der Waals surface area contributed by atoms with Crippen molar-refractivity contribution in [1.29, 1.82) is 0 Å². The smallest absolute Gasteiger partial charge is 0.326 e. The summed E-state index contributed by atoms with van der Waals surface area (Å²) in [7, 11) is 0. The summed E-state index contributed by atoms with van der Waals surface area (Å²) < 4.78 is 0. The molecule has 40 heavy (non-hydrogen) atoms. The lowest BCUT2D eigenvalue weighted by Crippen LogP contribution is -2.59. The highest BCUT2D eigenvalue weighted by molar-refractivity contribution is 5.94. The van der Waals surface area contributed by atoms with Crippen LogP contribution in [0.4, 0.5) is 0 Å². The lowest BCUT2D eigenvalue weighted by atomic mass is 9.99. The summed E-state index contributed by atoms with van der Waals surface area (Å²) in [4.78, 5) is 54.8. The summed E-state index contributed by atoms with van der Waals surface area (Å²) >= 11 is 0. The predicted octanol–water partition coefficient (Wildman–Crippen LogP) is 2.13. The molecular weight excluding hydrogens is 510 g/mol. The van der Waals surface area contributed by atoms with Gasteiger partial charge in [0.15, 0.2) is 0 Å². The quantitative estimate of drug-likeness (QED) is 0.191. The van der Waals surface area contributed by atoms with Crippen LogP contribution in [0.5, 0.6) is 0 Å². The molecule has 0 aliphatic heterocycles. The number of aliphatic carboxylic acids is 1. The number of H-pyrrole nitrogens is 1. The van der Waals surface area contributed by atoms with E-state index in [0.717, 1.165) is 22.0 Å². The third-order valence-electron chi connectivity index (χ3n) is 6.90. The molecule has 7 N–H and O–H groups in total. The molecule has 0 fully saturated rings. The Bertz CT molecular complexity index is 1320. The molecule has 0 saturated carbocycles. The number of hydrogen-bond acceptors (Lipinski definition) is 5. The zero-order chi connectivity index (χ0) is 29.4. The van der Waals surface area contributed by atoms with Crippen molar-refractivity contribution in [1.82, 2.24) is 20.9 Å². The maximum atomic E-state index is 13.5. The predicted molar refractivity (Wildman–Crippen MR) is 153 cm³/mol. The van der Waals surface area contributed by atoms with Crippen molar-refractivity contribution >= 4 is 34.6 Å². The number of hydrogen-bond donors (Lipinski definition) is 6. The summed E-state index contributed by atoms with van der Waals surface area (Å²) in [5.41, 5.74) is 8.35. The van der Waals surface area contributed by atoms with E-state index in [2.05, 4.69) is 20.9 Å². The Kier molecular flexibility index (Phi) is 10.4. The van der Waals surface area contributed by atoms with Crippen molar-refractivity contribution in [2.45, 2.75) is 64.7 Å². The van der Waals surface area contributed by atoms with Crippen LogP contribution >= 0.6 is 0 Å². The van der Waals surface area contributed by atoms with Gasteiger partial charge in [-0.1, -0.05) is 76.2 Å². The second-order valence-corrected chi connectivity index (χ2v) is 10.7. The first-order valence-electron chi connectivity index (χ1n) is 13.5. The van der Waals surface area contributed by atoms with E-state index in [1.54, 1.807) is 20.0 Å². The Balaban J connectivity index is 1.81. The van der Waals surface area contributed by atoms with Crippen molar-refractivity contribution in [3.8, 4) is 0 Å². The molecule has 4 atom stereocenters. The number of amides is 3. The molecule has 2 aromatic carbocycles. The van der Waals surface area contributed by atoms with Gasteiger partial charge in [-0.05, 0) is 29.0 Å². The van der Waals surface area contributed by atoms with Crippen molar-refractivity contribution in [3.63, 3.8) is 0 Å². The fourth-order valence-electron chi connectivity index (χ4n) is 4.40. The van der Waals surface area contributed by atoms with E-state index >= 15 is 0 Å². The summed E-state index contributed by atoms with van der Waals surface area (Å²) in [6, 6.07) is 12.5. The van der Waals surface area contributed by atoms with E-state index < -0.39 is 47.9 Å². The van der Waals surface area contributed by atoms with Gasteiger partial charge in [0.25, 0.3) is 0 Å². The average molecular weight is 550 g/mol. The number of carbonyl (C=O) groups excluding carboxylic acids is 3. The Morgan fingerprint density at radius 2 is 1.40 bits per heavy atom. The molecule has 1 aromatic heterocycles. The summed E-state index contributed by atoms with van der Waals surface area (Å²) in [6.07, 6.45) is 1.91. The van der Waals surface area contributed by atoms with E-state index in [1.165, 1.54) is 0 Å². The first kappa shape index (κ1) is 30.4. The minimum Gasteiger partial charge on any atom is -0.480 e. The Labute approximate surface area is 234 Å². The lowest BCUT2D eigenvalue weighted by Gasteiger charge is -2.27. The molecule has 10 heteroatoms. The van der Waals surface area contributed by atoms with Crippen LogP contribution in [0.2, 0.25) is 0 Å². The van der Waals surface area contributed by atoms with E-state index in [9.17, 15) is 24.3 Å². The van der Waals surface area contributed by atoms with Crippen molar-refractivity contribution in [2.24, 2.45) is 17.6 Å². The molecule has 214 valence electrons. The second-order valence-electron chi connectivity index (χ2n) is 10.7. The van der Waals surface area contributed by atoms with Gasteiger partial charge in [0, 0.05) is 29.9 Å². The molecule has 0 saturated heterocycles. The number of benzene rings is 2. The molecule has 0 aliphatic rings. The monoisotopic (exact) mass is 549 g/mol. The highest BCUT2D eigenvalue weighted by Crippen LogP contribution is 2.19. The van der Waals surface area contributed by atoms with E-state index in [4.69, 9.17) is 5.73 Å². The molecule has 0 aliphatic carbocycles. The van der Waals surface area contributed by atoms with Crippen molar-refractivity contribution in [3.05, 3.63) is 71.9 Å². The number of aromatic nitrogens is 1. The van der Waals surface area contributed by atoms with Gasteiger partial charge in [-0.25, -0.2) is 4.79 Å². The highest BCUT2D eigenvalue weighted by atomic mass is 16.4. The SMILES string of the molecule is CC(C)C(N)C(=O)NC(C(=O)NC(Cc1ccccc1)C(=O)NC(Cc1c[nH]c2ccccc12)C(=O)O)C(C)C. The minimum absolute atomic E-state index is 0.0505. The van der Waals surface area contributed by atoms with E-state index in [1.807, 2.05) is 68.4 Å². The first-order valence-corrected chi connectivity index (χ1v) is 13.5. The van der Waals surface area contributed by atoms with Gasteiger partial charge < -0.3 is 31.8 Å². The van der Waals surface area contributed by atoms with Crippen LogP contribution in [0.1, 0.15) is 38.8 Å². The van der Waals surface area contributed by atoms with Gasteiger partial charge in [-0.15, -0.1) is 0 Å². The Morgan fingerprint density at radius 1 is 0.775 bits per heavy atom. The standard InChI is InChI=1S/C30H39N5O5/c1-17(2)25(31)28(37)35-26(18(3)4)29(38)33-23(14-19-10-6-5-7-11-19)27(36)34-24(30(39)40)15-20-16-32-22-13-9-8-12-21(20)22/h5-13,16-18,23-26,32H,14-15,31H2,1-4H3,(H,33,38)(H,34,36)(H,35,37)(H,39,40). The van der Waals surface area contributed by atoms with Crippen LogP contribution in [0.15, 0.2) is 60.8 Å². The summed E-state index contributed by atoms with van der Waals surface area (Å²) in [5.74, 6) is -3.28. The molecule has 4 unspecified atom stereocenters. The van der Waals surface area contributed by atoms with Gasteiger partial charge >= 0.3 is 5.97 Å². The van der Waals surface area contributed by atoms with Gasteiger partial charge in [0.05, 0.1) is 6.04 Å². The van der Waals surface area contributed by atoms with Crippen molar-refractivity contribution in [2.75, 3.05) is 0 Å². The van der Waals surface area contributed by atoms with Gasteiger partial charge in [-0.3, -0.25) is 14.4 Å². The summed E-state index contributed by atoms with van der Waals surface area (Å²) in [5, 5.41) is 18.9. The van der Waals surface area contributed by atoms with Crippen molar-refractivity contribution < 1.29 is 24.3 Å². The largest absolute Gasteiger partial charge is 0.480 e.